The van der Waals surface area contributed by atoms with Crippen molar-refractivity contribution >= 4 is 11.8 Å². The number of hydrogen-bond acceptors (Lipinski definition) is 8. The standard InChI is InChI=1S/C51H67N3O7/c1-2-3-6-11-32-16-17-35(46(57)23-32)14-9-5-10-15-43(50(59)60)49(58)36-18-19-45-37(22-33-20-21-53-47(52)24-33)25-39(51(45,61)31-36)28-40-29-44(34-12-7-4-8-13-34)48(54-40)38-26-41(55)30-42(56)27-38/h4,7-8,12-13,16-17,20-21,24,26-27,29-30,32,35-37,39,43,45-46,49,54-58,61H,2-3,5-6,9-11,14-15,18-19,22-23,25,28,31H2,1H3,(H2,52,53)(H,59,60)/p-1/t32-,35-,36+,37+,39-,43+,45-,46-,49-,51-/m1/s1. The van der Waals surface area contributed by atoms with Gasteiger partial charge in [-0.05, 0) is 135 Å². The summed E-state index contributed by atoms with van der Waals surface area (Å²) in [6.07, 6.45) is 17.5. The molecular weight excluding hydrogens is 767 g/mol. The van der Waals surface area contributed by atoms with Gasteiger partial charge in [-0.3, -0.25) is 4.79 Å². The summed E-state index contributed by atoms with van der Waals surface area (Å²) < 4.78 is 0. The Morgan fingerprint density at radius 3 is 2.49 bits per heavy atom. The van der Waals surface area contributed by atoms with Crippen LogP contribution in [0.25, 0.3) is 22.4 Å². The average molecular weight is 833 g/mol. The van der Waals surface area contributed by atoms with Crippen LogP contribution in [0.2, 0.25) is 0 Å². The minimum Gasteiger partial charge on any atom is -0.872 e. The molecule has 2 aromatic heterocycles. The summed E-state index contributed by atoms with van der Waals surface area (Å²) in [7, 11) is 0. The van der Waals surface area contributed by atoms with Crippen LogP contribution in [0, 0.1) is 41.4 Å². The van der Waals surface area contributed by atoms with Crippen molar-refractivity contribution in [2.75, 3.05) is 5.73 Å². The van der Waals surface area contributed by atoms with Gasteiger partial charge < -0.3 is 41.4 Å². The van der Waals surface area contributed by atoms with Crippen LogP contribution in [0.4, 0.5) is 5.82 Å². The normalized spacial score (nSPS) is 27.1. The number of rotatable bonds is 19. The predicted molar refractivity (Wildman–Crippen MR) is 237 cm³/mol. The van der Waals surface area contributed by atoms with Crippen LogP contribution >= 0.6 is 0 Å². The molecule has 0 bridgehead atoms. The van der Waals surface area contributed by atoms with Gasteiger partial charge in [0.25, 0.3) is 0 Å². The number of pyridine rings is 1. The molecule has 3 aliphatic rings. The number of carboxylic acids is 1. The number of allylic oxidation sites excluding steroid dienone is 1. The summed E-state index contributed by atoms with van der Waals surface area (Å²) in [5, 5.41) is 69.0. The number of carbonyl (C=O) groups is 1. The minimum atomic E-state index is -1.16. The second kappa shape index (κ2) is 20.0. The number of nitrogens with two attached hydrogens (primary N) is 1. The van der Waals surface area contributed by atoms with Crippen molar-refractivity contribution in [3.8, 4) is 33.9 Å². The van der Waals surface area contributed by atoms with Gasteiger partial charge in [0.05, 0.1) is 29.4 Å². The highest BCUT2D eigenvalue weighted by atomic mass is 16.4. The molecule has 2 fully saturated rings. The number of unbranched alkanes of at least 4 members (excludes halogenated alkanes) is 4. The molecule has 0 spiro atoms. The number of nitrogens with zero attached hydrogens (tertiary/aromatic N) is 1. The van der Waals surface area contributed by atoms with E-state index < -0.39 is 23.6 Å². The Morgan fingerprint density at radius 2 is 1.75 bits per heavy atom. The third kappa shape index (κ3) is 10.7. The number of aliphatic carboxylic acids is 1. The molecule has 0 amide bonds. The quantitative estimate of drug-likeness (QED) is 0.0357. The van der Waals surface area contributed by atoms with Crippen molar-refractivity contribution in [3.05, 3.63) is 96.3 Å². The molecule has 0 aliphatic heterocycles. The Bertz CT molecular complexity index is 2060. The number of aliphatic hydroxyl groups is 3. The van der Waals surface area contributed by atoms with Crippen LogP contribution in [0.3, 0.4) is 0 Å². The number of aliphatic hydroxyl groups excluding tert-OH is 2. The van der Waals surface area contributed by atoms with Gasteiger partial charge in [-0.1, -0.05) is 94.0 Å². The summed E-state index contributed by atoms with van der Waals surface area (Å²) >= 11 is 0. The lowest BCUT2D eigenvalue weighted by atomic mass is 9.64. The van der Waals surface area contributed by atoms with Gasteiger partial charge in [-0.15, -0.1) is 5.75 Å². The first-order valence-electron chi connectivity index (χ1n) is 22.9. The van der Waals surface area contributed by atoms with Crippen molar-refractivity contribution in [1.82, 2.24) is 9.97 Å². The molecule has 328 valence electrons. The third-order valence-corrected chi connectivity index (χ3v) is 14.5. The zero-order valence-electron chi connectivity index (χ0n) is 35.7. The van der Waals surface area contributed by atoms with Crippen molar-refractivity contribution in [3.63, 3.8) is 0 Å². The number of anilines is 1. The largest absolute Gasteiger partial charge is 0.872 e. The van der Waals surface area contributed by atoms with Crippen molar-refractivity contribution in [2.45, 2.75) is 127 Å². The summed E-state index contributed by atoms with van der Waals surface area (Å²) in [6.45, 7) is 2.20. The van der Waals surface area contributed by atoms with Crippen LogP contribution in [0.1, 0.15) is 108 Å². The smallest absolute Gasteiger partial charge is 0.309 e. The van der Waals surface area contributed by atoms with E-state index >= 15 is 0 Å². The molecule has 2 saturated carbocycles. The monoisotopic (exact) mass is 832 g/mol. The van der Waals surface area contributed by atoms with Gasteiger partial charge in [0.1, 0.15) is 11.6 Å². The molecule has 2 aromatic carbocycles. The zero-order chi connectivity index (χ0) is 43.1. The van der Waals surface area contributed by atoms with Gasteiger partial charge >= 0.3 is 5.97 Å². The number of H-pyrrole nitrogens is 1. The molecule has 10 nitrogen and oxygen atoms in total. The maximum Gasteiger partial charge on any atom is 0.309 e. The second-order valence-corrected chi connectivity index (χ2v) is 18.7. The SMILES string of the molecule is CCCCC[C@@H]1C=C[C@@H](CCCCC[C@H](C(=O)O)[C@H](O)[C@H]2CC[C@@H]3[C@@H](Cc4ccnc(N)c4)C[C@H](Cc4cc(-c5ccccc5)c(-c5cc([O-])cc(O)c5)[nH]4)[C@]3(O)C2)[C@H](O)C1. The van der Waals surface area contributed by atoms with E-state index in [9.17, 15) is 35.4 Å². The summed E-state index contributed by atoms with van der Waals surface area (Å²) in [5.41, 5.74) is 9.96. The highest BCUT2D eigenvalue weighted by Gasteiger charge is 2.57. The Balaban J connectivity index is 1.06. The Labute approximate surface area is 361 Å². The summed E-state index contributed by atoms with van der Waals surface area (Å²) in [4.78, 5) is 20.5. The molecule has 0 radical (unpaired) electrons. The Hall–Kier alpha value is -4.64. The molecule has 4 aromatic rings. The van der Waals surface area contributed by atoms with Crippen molar-refractivity contribution in [1.29, 1.82) is 0 Å². The first-order valence-corrected chi connectivity index (χ1v) is 22.9. The number of hydrogen-bond donors (Lipinski definition) is 7. The van der Waals surface area contributed by atoms with Gasteiger partial charge in [0, 0.05) is 28.9 Å². The van der Waals surface area contributed by atoms with E-state index in [2.05, 4.69) is 35.1 Å². The van der Waals surface area contributed by atoms with E-state index in [1.807, 2.05) is 42.5 Å². The number of aromatic nitrogens is 2. The van der Waals surface area contributed by atoms with E-state index in [-0.39, 0.29) is 47.2 Å². The van der Waals surface area contributed by atoms with E-state index in [1.54, 1.807) is 12.3 Å². The van der Waals surface area contributed by atoms with Crippen LogP contribution in [-0.2, 0) is 17.6 Å². The number of nitrogens with one attached hydrogen (secondary N) is 1. The molecule has 7 rings (SSSR count). The molecule has 0 unspecified atom stereocenters. The van der Waals surface area contributed by atoms with Crippen molar-refractivity contribution < 1.29 is 35.4 Å². The lowest BCUT2D eigenvalue weighted by Crippen LogP contribution is -2.50. The molecule has 10 heteroatoms. The predicted octanol–water partition coefficient (Wildman–Crippen LogP) is 8.82. The summed E-state index contributed by atoms with van der Waals surface area (Å²) in [6, 6.07) is 20.1. The minimum absolute atomic E-state index is 0.0634. The van der Waals surface area contributed by atoms with Crippen LogP contribution < -0.4 is 10.8 Å². The fraction of sp³-hybridized carbons (Fsp3) is 0.529. The topological polar surface area (TPSA) is 196 Å². The summed E-state index contributed by atoms with van der Waals surface area (Å²) in [5.74, 6) is -1.82. The number of carboxylic acid groups (broad SMARTS) is 1. The van der Waals surface area contributed by atoms with Crippen molar-refractivity contribution in [2.24, 2.45) is 41.4 Å². The van der Waals surface area contributed by atoms with Gasteiger partial charge in [-0.25, -0.2) is 4.98 Å². The van der Waals surface area contributed by atoms with E-state index in [1.165, 1.54) is 31.4 Å². The molecule has 10 atom stereocenters. The number of phenols is 1. The highest BCUT2D eigenvalue weighted by Crippen LogP contribution is 2.56. The second-order valence-electron chi connectivity index (χ2n) is 18.7. The highest BCUT2D eigenvalue weighted by molar-refractivity contribution is 5.83. The van der Waals surface area contributed by atoms with Gasteiger partial charge in [-0.2, -0.15) is 0 Å². The fourth-order valence-corrected chi connectivity index (χ4v) is 11.4. The number of fused-ring (bicyclic) bond motifs is 1. The van der Waals surface area contributed by atoms with Gasteiger partial charge in [0.2, 0.25) is 0 Å². The maximum atomic E-state index is 13.0. The molecule has 3 aliphatic carbocycles. The third-order valence-electron chi connectivity index (χ3n) is 14.5. The number of aromatic amines is 1. The Kier molecular flexibility index (Phi) is 14.6. The van der Waals surface area contributed by atoms with E-state index in [0.29, 0.717) is 61.5 Å². The first-order chi connectivity index (χ1) is 29.4. The molecule has 0 saturated heterocycles. The number of benzene rings is 2. The van der Waals surface area contributed by atoms with E-state index in [4.69, 9.17) is 5.73 Å². The molecular formula is C51H66N3O7-. The van der Waals surface area contributed by atoms with Gasteiger partial charge in [0.15, 0.2) is 0 Å². The zero-order valence-corrected chi connectivity index (χ0v) is 35.7. The first kappa shape index (κ1) is 44.4. The van der Waals surface area contributed by atoms with E-state index in [0.717, 1.165) is 67.3 Å². The average Bonchev–Trinajstić information content (AvgIpc) is 3.77. The number of aromatic hydroxyl groups is 1. The molecule has 2 heterocycles. The van der Waals surface area contributed by atoms with Crippen LogP contribution in [0.5, 0.6) is 11.5 Å². The molecule has 61 heavy (non-hydrogen) atoms. The lowest BCUT2D eigenvalue weighted by Gasteiger charge is -2.45. The Morgan fingerprint density at radius 1 is 0.951 bits per heavy atom. The number of nitrogen functional groups attached to an aromatic ring is 1. The van der Waals surface area contributed by atoms with Crippen LogP contribution in [0.15, 0.2) is 85.1 Å². The number of phenolic OH excluding ortho intramolecular Hbond substituents is 1. The lowest BCUT2D eigenvalue weighted by molar-refractivity contribution is -0.268. The maximum absolute atomic E-state index is 13.0. The molecule has 8 N–H and O–H groups in total. The fourth-order valence-electron chi connectivity index (χ4n) is 11.4. The van der Waals surface area contributed by atoms with Crippen LogP contribution in [-0.4, -0.2) is 59.3 Å².